The molecule has 26 heavy (non-hydrogen) atoms. The third-order valence-electron chi connectivity index (χ3n) is 4.96. The van der Waals surface area contributed by atoms with Crippen LogP contribution in [0.3, 0.4) is 0 Å². The van der Waals surface area contributed by atoms with Crippen LogP contribution in [0.25, 0.3) is 11.3 Å². The van der Waals surface area contributed by atoms with E-state index in [-0.39, 0.29) is 17.5 Å². The first-order valence-corrected chi connectivity index (χ1v) is 9.12. The SMILES string of the molecule is CCC(C)Nc1cc2c(cc1O)CCc1c-2nn(CCCN)c1C(=O)O. The fraction of sp³-hybridized carbons (Fsp3) is 0.474. The van der Waals surface area contributed by atoms with E-state index in [9.17, 15) is 15.0 Å². The standard InChI is InChI=1S/C19H26N4O3/c1-3-11(2)21-15-10-14-12(9-16(15)24)5-6-13-17(14)22-23(8-4-7-20)18(13)19(25)26/h9-11,21,24H,3-8,20H2,1-2H3,(H,25,26). The molecule has 7 heteroatoms. The van der Waals surface area contributed by atoms with E-state index in [0.29, 0.717) is 43.7 Å². The number of carbonyl (C=O) groups is 1. The quantitative estimate of drug-likeness (QED) is 0.566. The summed E-state index contributed by atoms with van der Waals surface area (Å²) in [7, 11) is 0. The van der Waals surface area contributed by atoms with Crippen LogP contribution in [0.15, 0.2) is 12.1 Å². The topological polar surface area (TPSA) is 113 Å². The normalized spacial score (nSPS) is 13.8. The van der Waals surface area contributed by atoms with Gasteiger partial charge in [-0.15, -0.1) is 0 Å². The van der Waals surface area contributed by atoms with E-state index >= 15 is 0 Å². The van der Waals surface area contributed by atoms with E-state index in [0.717, 1.165) is 23.1 Å². The third-order valence-corrected chi connectivity index (χ3v) is 4.96. The smallest absolute Gasteiger partial charge is 0.354 e. The second-order valence-electron chi connectivity index (χ2n) is 6.83. The number of aromatic hydroxyl groups is 1. The van der Waals surface area contributed by atoms with Crippen LogP contribution < -0.4 is 11.1 Å². The lowest BCUT2D eigenvalue weighted by molar-refractivity contribution is 0.0681. The highest BCUT2D eigenvalue weighted by molar-refractivity contribution is 5.91. The number of phenolic OH excluding ortho intramolecular Hbond substituents is 1. The maximum atomic E-state index is 11.8. The molecule has 1 aliphatic rings. The number of phenols is 1. The minimum atomic E-state index is -0.962. The van der Waals surface area contributed by atoms with Gasteiger partial charge in [0.1, 0.15) is 11.4 Å². The molecule has 1 aliphatic carbocycles. The molecular weight excluding hydrogens is 332 g/mol. The van der Waals surface area contributed by atoms with Crippen LogP contribution in [0.4, 0.5) is 5.69 Å². The number of hydrogen-bond donors (Lipinski definition) is 4. The number of nitrogens with one attached hydrogen (secondary N) is 1. The van der Waals surface area contributed by atoms with Gasteiger partial charge < -0.3 is 21.3 Å². The van der Waals surface area contributed by atoms with Gasteiger partial charge in [-0.2, -0.15) is 5.10 Å². The number of nitrogens with two attached hydrogens (primary N) is 1. The van der Waals surface area contributed by atoms with Crippen molar-refractivity contribution in [3.05, 3.63) is 29.0 Å². The van der Waals surface area contributed by atoms with Crippen molar-refractivity contribution in [2.24, 2.45) is 5.73 Å². The molecule has 7 nitrogen and oxygen atoms in total. The van der Waals surface area contributed by atoms with Crippen molar-refractivity contribution in [1.29, 1.82) is 0 Å². The fourth-order valence-corrected chi connectivity index (χ4v) is 3.40. The van der Waals surface area contributed by atoms with E-state index in [4.69, 9.17) is 5.73 Å². The number of aromatic nitrogens is 2. The van der Waals surface area contributed by atoms with Crippen LogP contribution in [0, 0.1) is 0 Å². The second kappa shape index (κ2) is 7.37. The van der Waals surface area contributed by atoms with Gasteiger partial charge in [0.15, 0.2) is 0 Å². The monoisotopic (exact) mass is 358 g/mol. The number of rotatable bonds is 7. The van der Waals surface area contributed by atoms with Crippen molar-refractivity contribution in [3.63, 3.8) is 0 Å². The van der Waals surface area contributed by atoms with Gasteiger partial charge in [0.25, 0.3) is 0 Å². The lowest BCUT2D eigenvalue weighted by Gasteiger charge is -2.20. The Hall–Kier alpha value is -2.54. The van der Waals surface area contributed by atoms with E-state index < -0.39 is 5.97 Å². The Morgan fingerprint density at radius 3 is 2.85 bits per heavy atom. The van der Waals surface area contributed by atoms with Gasteiger partial charge in [0, 0.05) is 23.7 Å². The number of aryl methyl sites for hydroxylation is 2. The molecule has 0 saturated heterocycles. The fourth-order valence-electron chi connectivity index (χ4n) is 3.40. The lowest BCUT2D eigenvalue weighted by atomic mass is 9.88. The predicted molar refractivity (Wildman–Crippen MR) is 101 cm³/mol. The molecule has 0 aliphatic heterocycles. The number of benzene rings is 1. The van der Waals surface area contributed by atoms with Crippen LogP contribution >= 0.6 is 0 Å². The zero-order chi connectivity index (χ0) is 18.8. The highest BCUT2D eigenvalue weighted by Gasteiger charge is 2.29. The van der Waals surface area contributed by atoms with Crippen LogP contribution in [0.5, 0.6) is 5.75 Å². The van der Waals surface area contributed by atoms with Crippen molar-refractivity contribution in [2.45, 2.75) is 52.1 Å². The number of anilines is 1. The summed E-state index contributed by atoms with van der Waals surface area (Å²) in [5.74, 6) is -0.746. The van der Waals surface area contributed by atoms with Crippen LogP contribution in [0.1, 0.15) is 48.3 Å². The summed E-state index contributed by atoms with van der Waals surface area (Å²) in [6, 6.07) is 3.88. The summed E-state index contributed by atoms with van der Waals surface area (Å²) in [4.78, 5) is 11.8. The molecule has 2 aromatic rings. The maximum Gasteiger partial charge on any atom is 0.354 e. The molecule has 1 atom stereocenters. The maximum absolute atomic E-state index is 11.8. The summed E-state index contributed by atoms with van der Waals surface area (Å²) >= 11 is 0. The molecule has 3 rings (SSSR count). The van der Waals surface area contributed by atoms with Crippen LogP contribution in [-0.2, 0) is 19.4 Å². The Kier molecular flexibility index (Phi) is 5.18. The van der Waals surface area contributed by atoms with Gasteiger partial charge in [-0.25, -0.2) is 4.79 Å². The number of hydrogen-bond acceptors (Lipinski definition) is 5. The largest absolute Gasteiger partial charge is 0.506 e. The van der Waals surface area contributed by atoms with E-state index in [2.05, 4.69) is 17.3 Å². The third kappa shape index (κ3) is 3.26. The number of nitrogens with zero attached hydrogens (tertiary/aromatic N) is 2. The number of aromatic carboxylic acids is 1. The Bertz CT molecular complexity index is 829. The average molecular weight is 358 g/mol. The van der Waals surface area contributed by atoms with Crippen molar-refractivity contribution in [1.82, 2.24) is 9.78 Å². The minimum absolute atomic E-state index is 0.216. The van der Waals surface area contributed by atoms with Gasteiger partial charge in [-0.05, 0) is 56.8 Å². The van der Waals surface area contributed by atoms with Crippen LogP contribution in [0.2, 0.25) is 0 Å². The minimum Gasteiger partial charge on any atom is -0.506 e. The van der Waals surface area contributed by atoms with Crippen molar-refractivity contribution in [2.75, 3.05) is 11.9 Å². The summed E-state index contributed by atoms with van der Waals surface area (Å²) in [6.07, 6.45) is 2.88. The molecule has 0 amide bonds. The number of carboxylic acids is 1. The van der Waals surface area contributed by atoms with E-state index in [1.165, 1.54) is 0 Å². The Morgan fingerprint density at radius 1 is 1.42 bits per heavy atom. The Labute approximate surface area is 152 Å². The lowest BCUT2D eigenvalue weighted by Crippen LogP contribution is -2.15. The summed E-state index contributed by atoms with van der Waals surface area (Å²) in [5, 5.41) is 27.9. The van der Waals surface area contributed by atoms with E-state index in [1.54, 1.807) is 10.7 Å². The highest BCUT2D eigenvalue weighted by Crippen LogP contribution is 2.40. The first-order chi connectivity index (χ1) is 12.5. The molecule has 0 radical (unpaired) electrons. The summed E-state index contributed by atoms with van der Waals surface area (Å²) < 4.78 is 1.56. The molecule has 5 N–H and O–H groups in total. The Morgan fingerprint density at radius 2 is 2.19 bits per heavy atom. The van der Waals surface area contributed by atoms with Crippen molar-refractivity contribution < 1.29 is 15.0 Å². The van der Waals surface area contributed by atoms with Gasteiger partial charge in [0.05, 0.1) is 11.4 Å². The molecular formula is C19H26N4O3. The number of carboxylic acid groups (broad SMARTS) is 1. The molecule has 0 spiro atoms. The predicted octanol–water partition coefficient (Wildman–Crippen LogP) is 2.61. The summed E-state index contributed by atoms with van der Waals surface area (Å²) in [6.45, 7) is 5.09. The van der Waals surface area contributed by atoms with Gasteiger partial charge >= 0.3 is 5.97 Å². The highest BCUT2D eigenvalue weighted by atomic mass is 16.4. The van der Waals surface area contributed by atoms with Gasteiger partial charge in [-0.1, -0.05) is 6.92 Å². The number of fused-ring (bicyclic) bond motifs is 3. The Balaban J connectivity index is 2.09. The molecule has 1 unspecified atom stereocenters. The zero-order valence-electron chi connectivity index (χ0n) is 15.2. The molecule has 1 heterocycles. The molecule has 140 valence electrons. The summed E-state index contributed by atoms with van der Waals surface area (Å²) in [5.41, 5.74) is 9.83. The molecule has 0 bridgehead atoms. The zero-order valence-corrected chi connectivity index (χ0v) is 15.2. The molecule has 0 fully saturated rings. The van der Waals surface area contributed by atoms with Crippen LogP contribution in [-0.4, -0.2) is 38.5 Å². The van der Waals surface area contributed by atoms with Crippen molar-refractivity contribution in [3.8, 4) is 17.0 Å². The van der Waals surface area contributed by atoms with Gasteiger partial charge in [-0.3, -0.25) is 4.68 Å². The molecule has 1 aromatic heterocycles. The second-order valence-corrected chi connectivity index (χ2v) is 6.83. The average Bonchev–Trinajstić information content (AvgIpc) is 2.99. The molecule has 1 aromatic carbocycles. The first-order valence-electron chi connectivity index (χ1n) is 9.12. The van der Waals surface area contributed by atoms with E-state index in [1.807, 2.05) is 13.0 Å². The van der Waals surface area contributed by atoms with Gasteiger partial charge in [0.2, 0.25) is 0 Å². The van der Waals surface area contributed by atoms with Crippen molar-refractivity contribution >= 4 is 11.7 Å². The first kappa shape index (κ1) is 18.3. The molecule has 0 saturated carbocycles.